The van der Waals surface area contributed by atoms with E-state index in [1.807, 2.05) is 6.92 Å². The number of benzene rings is 1. The maximum atomic E-state index is 12.9. The van der Waals surface area contributed by atoms with Crippen molar-refractivity contribution in [2.24, 2.45) is 0 Å². The number of aromatic nitrogens is 1. The van der Waals surface area contributed by atoms with Gasteiger partial charge < -0.3 is 15.4 Å². The fourth-order valence-corrected chi connectivity index (χ4v) is 3.03. The number of alkyl halides is 3. The first-order valence-corrected chi connectivity index (χ1v) is 10.3. The Balaban J connectivity index is 1.98. The molecule has 0 radical (unpaired) electrons. The van der Waals surface area contributed by atoms with Crippen LogP contribution in [-0.2, 0) is 33.4 Å². The molecule has 1 atom stereocenters. The van der Waals surface area contributed by atoms with Crippen molar-refractivity contribution in [3.05, 3.63) is 59.3 Å². The Hall–Kier alpha value is -3.23. The van der Waals surface area contributed by atoms with E-state index in [-0.39, 0.29) is 17.8 Å². The molecule has 0 saturated carbocycles. The summed E-state index contributed by atoms with van der Waals surface area (Å²) in [7, 11) is 0. The van der Waals surface area contributed by atoms with Crippen molar-refractivity contribution in [1.82, 2.24) is 10.3 Å². The summed E-state index contributed by atoms with van der Waals surface area (Å²) in [5.74, 6) is -0.640. The molecule has 0 saturated heterocycles. The lowest BCUT2D eigenvalue weighted by Gasteiger charge is -2.18. The van der Waals surface area contributed by atoms with Gasteiger partial charge in [-0.2, -0.15) is 13.2 Å². The van der Waals surface area contributed by atoms with E-state index in [2.05, 4.69) is 15.6 Å². The zero-order chi connectivity index (χ0) is 23.7. The van der Waals surface area contributed by atoms with Crippen LogP contribution in [0.3, 0.4) is 0 Å². The van der Waals surface area contributed by atoms with Gasteiger partial charge in [0.05, 0.1) is 12.0 Å². The molecule has 1 aromatic heterocycles. The Labute approximate surface area is 184 Å². The van der Waals surface area contributed by atoms with Gasteiger partial charge in [0.1, 0.15) is 17.6 Å². The lowest BCUT2D eigenvalue weighted by atomic mass is 10.1. The fraction of sp³-hybridized carbons (Fsp3) is 0.391. The summed E-state index contributed by atoms with van der Waals surface area (Å²) in [6.07, 6.45) is -1.27. The number of aryl methyl sites for hydroxylation is 1. The SMILES string of the molecule is CCCC(NC(=O)Cc1cccc(C(F)(F)F)c1)C(=O)Nc1ccc(CCC(C)=O)cn1. The number of hydrogen-bond donors (Lipinski definition) is 2. The van der Waals surface area contributed by atoms with E-state index in [4.69, 9.17) is 0 Å². The third-order valence-corrected chi connectivity index (χ3v) is 4.69. The van der Waals surface area contributed by atoms with Gasteiger partial charge in [-0.15, -0.1) is 0 Å². The minimum atomic E-state index is -4.49. The molecule has 0 aliphatic heterocycles. The number of anilines is 1. The van der Waals surface area contributed by atoms with Gasteiger partial charge in [0.15, 0.2) is 0 Å². The number of carbonyl (C=O) groups excluding carboxylic acids is 3. The van der Waals surface area contributed by atoms with Crippen LogP contribution in [0.15, 0.2) is 42.6 Å². The number of nitrogens with zero attached hydrogens (tertiary/aromatic N) is 1. The Bertz CT molecular complexity index is 943. The van der Waals surface area contributed by atoms with Gasteiger partial charge >= 0.3 is 6.18 Å². The quantitative estimate of drug-likeness (QED) is 0.572. The molecule has 6 nitrogen and oxygen atoms in total. The Morgan fingerprint density at radius 2 is 1.84 bits per heavy atom. The van der Waals surface area contributed by atoms with Crippen molar-refractivity contribution in [2.45, 2.75) is 58.2 Å². The lowest BCUT2D eigenvalue weighted by molar-refractivity contribution is -0.137. The number of carbonyl (C=O) groups is 3. The van der Waals surface area contributed by atoms with Crippen LogP contribution in [0.4, 0.5) is 19.0 Å². The van der Waals surface area contributed by atoms with Gasteiger partial charge in [0, 0.05) is 12.6 Å². The summed E-state index contributed by atoms with van der Waals surface area (Å²) in [6.45, 7) is 3.36. The van der Waals surface area contributed by atoms with E-state index >= 15 is 0 Å². The normalized spacial score (nSPS) is 12.2. The zero-order valence-electron chi connectivity index (χ0n) is 18.0. The second-order valence-electron chi connectivity index (χ2n) is 7.53. The number of rotatable bonds is 10. The maximum absolute atomic E-state index is 12.9. The molecule has 0 aliphatic rings. The van der Waals surface area contributed by atoms with Gasteiger partial charge in [-0.25, -0.2) is 4.98 Å². The number of pyridine rings is 1. The number of hydrogen-bond acceptors (Lipinski definition) is 4. The molecule has 0 fully saturated rings. The van der Waals surface area contributed by atoms with Crippen LogP contribution in [-0.4, -0.2) is 28.6 Å². The monoisotopic (exact) mass is 449 g/mol. The molecular formula is C23H26F3N3O3. The predicted octanol–water partition coefficient (Wildman–Crippen LogP) is 4.09. The van der Waals surface area contributed by atoms with Crippen molar-refractivity contribution in [3.8, 4) is 0 Å². The smallest absolute Gasteiger partial charge is 0.344 e. The largest absolute Gasteiger partial charge is 0.416 e. The van der Waals surface area contributed by atoms with E-state index in [0.29, 0.717) is 31.5 Å². The van der Waals surface area contributed by atoms with Crippen molar-refractivity contribution < 1.29 is 27.6 Å². The van der Waals surface area contributed by atoms with Crippen LogP contribution < -0.4 is 10.6 Å². The van der Waals surface area contributed by atoms with Crippen LogP contribution in [0.2, 0.25) is 0 Å². The summed E-state index contributed by atoms with van der Waals surface area (Å²) >= 11 is 0. The molecule has 2 aromatic rings. The van der Waals surface area contributed by atoms with Crippen molar-refractivity contribution in [2.75, 3.05) is 5.32 Å². The van der Waals surface area contributed by atoms with Gasteiger partial charge in [-0.05, 0) is 43.0 Å². The number of Topliss-reactive ketones (excluding diaryl/α,β-unsaturated/α-hetero) is 1. The van der Waals surface area contributed by atoms with Crippen molar-refractivity contribution in [3.63, 3.8) is 0 Å². The highest BCUT2D eigenvalue weighted by Crippen LogP contribution is 2.29. The van der Waals surface area contributed by atoms with Gasteiger partial charge in [0.25, 0.3) is 0 Å². The van der Waals surface area contributed by atoms with Crippen LogP contribution in [0, 0.1) is 0 Å². The topological polar surface area (TPSA) is 88.2 Å². The highest BCUT2D eigenvalue weighted by atomic mass is 19.4. The molecule has 0 spiro atoms. The molecule has 0 aliphatic carbocycles. The highest BCUT2D eigenvalue weighted by molar-refractivity contribution is 5.96. The molecule has 32 heavy (non-hydrogen) atoms. The van der Waals surface area contributed by atoms with Crippen molar-refractivity contribution in [1.29, 1.82) is 0 Å². The van der Waals surface area contributed by atoms with E-state index < -0.39 is 29.6 Å². The van der Waals surface area contributed by atoms with Crippen LogP contribution >= 0.6 is 0 Å². The molecule has 1 heterocycles. The van der Waals surface area contributed by atoms with Crippen LogP contribution in [0.5, 0.6) is 0 Å². The fourth-order valence-electron chi connectivity index (χ4n) is 3.03. The number of halogens is 3. The van der Waals surface area contributed by atoms with Crippen LogP contribution in [0.25, 0.3) is 0 Å². The maximum Gasteiger partial charge on any atom is 0.416 e. The molecule has 172 valence electrons. The third-order valence-electron chi connectivity index (χ3n) is 4.69. The zero-order valence-corrected chi connectivity index (χ0v) is 18.0. The summed E-state index contributed by atoms with van der Waals surface area (Å²) in [5, 5.41) is 5.23. The first kappa shape index (κ1) is 25.0. The molecule has 2 amide bonds. The molecule has 1 aromatic carbocycles. The second-order valence-corrected chi connectivity index (χ2v) is 7.53. The highest BCUT2D eigenvalue weighted by Gasteiger charge is 2.30. The molecule has 0 bridgehead atoms. The lowest BCUT2D eigenvalue weighted by Crippen LogP contribution is -2.44. The summed E-state index contributed by atoms with van der Waals surface area (Å²) in [4.78, 5) is 40.2. The number of nitrogens with one attached hydrogen (secondary N) is 2. The van der Waals surface area contributed by atoms with Crippen LogP contribution in [0.1, 0.15) is 49.8 Å². The molecular weight excluding hydrogens is 423 g/mol. The van der Waals surface area contributed by atoms with Gasteiger partial charge in [-0.1, -0.05) is 37.6 Å². The summed E-state index contributed by atoms with van der Waals surface area (Å²) in [5.41, 5.74) is 0.233. The first-order valence-electron chi connectivity index (χ1n) is 10.3. The Morgan fingerprint density at radius 1 is 1.09 bits per heavy atom. The first-order chi connectivity index (χ1) is 15.1. The van der Waals surface area contributed by atoms with Crippen molar-refractivity contribution >= 4 is 23.4 Å². The standard InChI is InChI=1S/C23H26F3N3O3/c1-3-5-19(22(32)29-20-11-10-16(14-27-20)9-8-15(2)30)28-21(31)13-17-6-4-7-18(12-17)23(24,25)26/h4,6-7,10-12,14,19H,3,5,8-9,13H2,1-2H3,(H,28,31)(H,27,29,32). The predicted molar refractivity (Wildman–Crippen MR) is 114 cm³/mol. The van der Waals surface area contributed by atoms with E-state index in [1.165, 1.54) is 19.1 Å². The summed E-state index contributed by atoms with van der Waals surface area (Å²) < 4.78 is 38.6. The minimum absolute atomic E-state index is 0.0747. The summed E-state index contributed by atoms with van der Waals surface area (Å²) in [6, 6.07) is 7.05. The Morgan fingerprint density at radius 3 is 2.44 bits per heavy atom. The third kappa shape index (κ3) is 8.13. The average molecular weight is 449 g/mol. The average Bonchev–Trinajstić information content (AvgIpc) is 2.72. The van der Waals surface area contributed by atoms with E-state index in [1.54, 1.807) is 18.3 Å². The van der Waals surface area contributed by atoms with Gasteiger partial charge in [0.2, 0.25) is 11.8 Å². The number of ketones is 1. The number of amides is 2. The molecule has 2 rings (SSSR count). The second kappa shape index (κ2) is 11.4. The van der Waals surface area contributed by atoms with Gasteiger partial charge in [-0.3, -0.25) is 9.59 Å². The Kier molecular flexibility index (Phi) is 8.92. The van der Waals surface area contributed by atoms with E-state index in [9.17, 15) is 27.6 Å². The molecule has 2 N–H and O–H groups in total. The van der Waals surface area contributed by atoms with E-state index in [0.717, 1.165) is 17.7 Å². The minimum Gasteiger partial charge on any atom is -0.344 e. The molecule has 1 unspecified atom stereocenters. The molecule has 9 heteroatoms.